The van der Waals surface area contributed by atoms with Gasteiger partial charge >= 0.3 is 0 Å². The van der Waals surface area contributed by atoms with Crippen molar-refractivity contribution in [1.29, 1.82) is 0 Å². The van der Waals surface area contributed by atoms with E-state index in [4.69, 9.17) is 4.98 Å². The first-order chi connectivity index (χ1) is 16.8. The molecule has 0 bridgehead atoms. The number of fused-ring (bicyclic) bond motifs is 3. The van der Waals surface area contributed by atoms with Crippen molar-refractivity contribution >= 4 is 33.4 Å². The van der Waals surface area contributed by atoms with Gasteiger partial charge in [0.2, 0.25) is 5.95 Å². The van der Waals surface area contributed by atoms with Gasteiger partial charge in [-0.2, -0.15) is 0 Å². The van der Waals surface area contributed by atoms with Gasteiger partial charge in [-0.05, 0) is 53.9 Å². The smallest absolute Gasteiger partial charge is 0.269 e. The number of carbonyl (C=O) groups excluding carboxylic acids is 1. The SMILES string of the molecule is CC(C)(C)C1CCc2c(sc3nc(NNC(=O)c4ccccc4)n(Cc4ccccc4)c(=O)c23)C1. The second kappa shape index (κ2) is 9.30. The van der Waals surface area contributed by atoms with Crippen LogP contribution < -0.4 is 16.4 Å². The van der Waals surface area contributed by atoms with E-state index in [0.717, 1.165) is 40.6 Å². The van der Waals surface area contributed by atoms with Crippen molar-refractivity contribution in [1.82, 2.24) is 15.0 Å². The van der Waals surface area contributed by atoms with Crippen molar-refractivity contribution in [3.63, 3.8) is 0 Å². The van der Waals surface area contributed by atoms with Crippen molar-refractivity contribution in [3.05, 3.63) is 92.6 Å². The lowest BCUT2D eigenvalue weighted by Gasteiger charge is -2.33. The summed E-state index contributed by atoms with van der Waals surface area (Å²) in [5.74, 6) is 0.628. The summed E-state index contributed by atoms with van der Waals surface area (Å²) in [5, 5.41) is 0.730. The van der Waals surface area contributed by atoms with E-state index in [0.29, 0.717) is 24.0 Å². The molecule has 0 saturated heterocycles. The van der Waals surface area contributed by atoms with E-state index in [1.165, 1.54) is 4.88 Å². The zero-order valence-corrected chi connectivity index (χ0v) is 21.1. The Morgan fingerprint density at radius 1 is 1.09 bits per heavy atom. The third-order valence-electron chi connectivity index (χ3n) is 6.90. The number of rotatable bonds is 5. The predicted molar refractivity (Wildman–Crippen MR) is 142 cm³/mol. The number of anilines is 1. The van der Waals surface area contributed by atoms with Gasteiger partial charge in [0.15, 0.2) is 0 Å². The quantitative estimate of drug-likeness (QED) is 0.370. The van der Waals surface area contributed by atoms with E-state index >= 15 is 0 Å². The van der Waals surface area contributed by atoms with Gasteiger partial charge < -0.3 is 0 Å². The summed E-state index contributed by atoms with van der Waals surface area (Å²) >= 11 is 1.62. The van der Waals surface area contributed by atoms with Crippen LogP contribution >= 0.6 is 11.3 Å². The normalized spacial score (nSPS) is 15.6. The monoisotopic (exact) mass is 486 g/mol. The molecule has 1 atom stereocenters. The second-order valence-corrected chi connectivity index (χ2v) is 11.3. The molecule has 0 aliphatic heterocycles. The van der Waals surface area contributed by atoms with Crippen LogP contribution in [0.2, 0.25) is 0 Å². The zero-order valence-electron chi connectivity index (χ0n) is 20.3. The number of hydrogen-bond acceptors (Lipinski definition) is 5. The average Bonchev–Trinajstić information content (AvgIpc) is 3.23. The molecule has 7 heteroatoms. The molecule has 0 radical (unpaired) electrons. The van der Waals surface area contributed by atoms with Crippen molar-refractivity contribution in [3.8, 4) is 0 Å². The molecule has 1 unspecified atom stereocenters. The van der Waals surface area contributed by atoms with Crippen LogP contribution in [0.3, 0.4) is 0 Å². The lowest BCUT2D eigenvalue weighted by atomic mass is 9.72. The fourth-order valence-electron chi connectivity index (χ4n) is 4.78. The summed E-state index contributed by atoms with van der Waals surface area (Å²) in [5.41, 5.74) is 8.48. The Balaban J connectivity index is 1.55. The lowest BCUT2D eigenvalue weighted by molar-refractivity contribution is 0.0962. The number of amides is 1. The van der Waals surface area contributed by atoms with Gasteiger partial charge in [0, 0.05) is 10.4 Å². The highest BCUT2D eigenvalue weighted by molar-refractivity contribution is 7.18. The first-order valence-electron chi connectivity index (χ1n) is 12.0. The number of aryl methyl sites for hydroxylation is 1. The molecule has 2 aromatic carbocycles. The molecule has 6 nitrogen and oxygen atoms in total. The summed E-state index contributed by atoms with van der Waals surface area (Å²) in [6.45, 7) is 7.23. The Morgan fingerprint density at radius 2 is 1.77 bits per heavy atom. The number of nitrogens with one attached hydrogen (secondary N) is 2. The molecule has 1 aliphatic carbocycles. The minimum atomic E-state index is -0.287. The van der Waals surface area contributed by atoms with E-state index in [9.17, 15) is 9.59 Å². The fraction of sp³-hybridized carbons (Fsp3) is 0.321. The van der Waals surface area contributed by atoms with Gasteiger partial charge in [-0.15, -0.1) is 11.3 Å². The molecule has 1 amide bonds. The van der Waals surface area contributed by atoms with Crippen LogP contribution in [0.15, 0.2) is 65.5 Å². The van der Waals surface area contributed by atoms with Gasteiger partial charge in [-0.3, -0.25) is 25.0 Å². The minimum Gasteiger partial charge on any atom is -0.272 e. The molecule has 180 valence electrons. The summed E-state index contributed by atoms with van der Waals surface area (Å²) in [7, 11) is 0. The molecule has 0 fully saturated rings. The Labute approximate surface area is 209 Å². The molecule has 4 aromatic rings. The van der Waals surface area contributed by atoms with Crippen molar-refractivity contribution in [2.24, 2.45) is 11.3 Å². The second-order valence-electron chi connectivity index (χ2n) is 10.2. The Bertz CT molecular complexity index is 1420. The van der Waals surface area contributed by atoms with Crippen LogP contribution in [-0.4, -0.2) is 15.5 Å². The predicted octanol–water partition coefficient (Wildman–Crippen LogP) is 5.41. The summed E-state index contributed by atoms with van der Waals surface area (Å²) in [6, 6.07) is 18.8. The molecular weight excluding hydrogens is 456 g/mol. The Morgan fingerprint density at radius 3 is 2.46 bits per heavy atom. The Hall–Kier alpha value is -3.45. The van der Waals surface area contributed by atoms with E-state index < -0.39 is 0 Å². The highest BCUT2D eigenvalue weighted by Crippen LogP contribution is 2.42. The summed E-state index contributed by atoms with van der Waals surface area (Å²) < 4.78 is 1.63. The maximum absolute atomic E-state index is 13.9. The number of aromatic nitrogens is 2. The van der Waals surface area contributed by atoms with Gasteiger partial charge in [-0.1, -0.05) is 69.3 Å². The standard InChI is InChI=1S/C28H30N4O2S/c1-28(2,3)20-14-15-21-22(16-20)35-25-23(21)26(34)32(17-18-10-6-4-7-11-18)27(29-25)31-30-24(33)19-12-8-5-9-13-19/h4-13,20H,14-17H2,1-3H3,(H,29,31)(H,30,33). The molecule has 0 saturated carbocycles. The number of benzene rings is 2. The minimum absolute atomic E-state index is 0.0676. The van der Waals surface area contributed by atoms with Gasteiger partial charge in [-0.25, -0.2) is 4.98 Å². The topological polar surface area (TPSA) is 76.0 Å². The van der Waals surface area contributed by atoms with Crippen molar-refractivity contribution < 1.29 is 4.79 Å². The van der Waals surface area contributed by atoms with E-state index in [2.05, 4.69) is 31.6 Å². The van der Waals surface area contributed by atoms with Gasteiger partial charge in [0.05, 0.1) is 11.9 Å². The van der Waals surface area contributed by atoms with Crippen molar-refractivity contribution in [2.75, 3.05) is 5.43 Å². The molecule has 5 rings (SSSR count). The molecule has 2 aromatic heterocycles. The van der Waals surface area contributed by atoms with Crippen LogP contribution in [-0.2, 0) is 19.4 Å². The fourth-order valence-corrected chi connectivity index (χ4v) is 6.07. The number of hydrogen-bond donors (Lipinski definition) is 2. The first-order valence-corrected chi connectivity index (χ1v) is 12.8. The molecule has 1 aliphatic rings. The first kappa shape index (κ1) is 23.3. The molecule has 0 spiro atoms. The van der Waals surface area contributed by atoms with Crippen LogP contribution in [0, 0.1) is 11.3 Å². The van der Waals surface area contributed by atoms with Gasteiger partial charge in [0.1, 0.15) is 4.83 Å². The number of carbonyl (C=O) groups is 1. The van der Waals surface area contributed by atoms with E-state index in [1.807, 2.05) is 48.5 Å². The number of nitrogens with zero attached hydrogens (tertiary/aromatic N) is 2. The van der Waals surface area contributed by atoms with Crippen LogP contribution in [0.5, 0.6) is 0 Å². The van der Waals surface area contributed by atoms with Gasteiger partial charge in [0.25, 0.3) is 11.5 Å². The lowest BCUT2D eigenvalue weighted by Crippen LogP contribution is -2.34. The average molecular weight is 487 g/mol. The highest BCUT2D eigenvalue weighted by atomic mass is 32.1. The molecule has 2 heterocycles. The van der Waals surface area contributed by atoms with E-state index in [-0.39, 0.29) is 16.9 Å². The maximum Gasteiger partial charge on any atom is 0.269 e. The maximum atomic E-state index is 13.9. The summed E-state index contributed by atoms with van der Waals surface area (Å²) in [4.78, 5) is 33.3. The van der Waals surface area contributed by atoms with E-state index in [1.54, 1.807) is 28.0 Å². The van der Waals surface area contributed by atoms with Crippen LogP contribution in [0.4, 0.5) is 5.95 Å². The molecule has 35 heavy (non-hydrogen) atoms. The number of hydrazine groups is 1. The largest absolute Gasteiger partial charge is 0.272 e. The zero-order chi connectivity index (χ0) is 24.6. The van der Waals surface area contributed by atoms with Crippen LogP contribution in [0.25, 0.3) is 10.2 Å². The van der Waals surface area contributed by atoms with Crippen LogP contribution in [0.1, 0.15) is 53.6 Å². The highest BCUT2D eigenvalue weighted by Gasteiger charge is 2.32. The van der Waals surface area contributed by atoms with Crippen molar-refractivity contribution in [2.45, 2.75) is 46.6 Å². The number of thiophene rings is 1. The summed E-state index contributed by atoms with van der Waals surface area (Å²) in [6.07, 6.45) is 2.95. The molecule has 2 N–H and O–H groups in total. The third-order valence-corrected chi connectivity index (χ3v) is 8.05. The Kier molecular flexibility index (Phi) is 6.19. The molecular formula is C28H30N4O2S. The third kappa shape index (κ3) is 4.73.